The highest BCUT2D eigenvalue weighted by Gasteiger charge is 2.25. The highest BCUT2D eigenvalue weighted by molar-refractivity contribution is 4.80. The normalized spacial score (nSPS) is 29.4. The molecule has 1 aliphatic rings. The summed E-state index contributed by atoms with van der Waals surface area (Å²) in [5.74, 6) is 8.20. The molecule has 2 heteroatoms. The van der Waals surface area contributed by atoms with Crippen molar-refractivity contribution in [3.05, 3.63) is 0 Å². The maximum atomic E-state index is 5.69. The third-order valence-corrected chi connectivity index (χ3v) is 3.82. The van der Waals surface area contributed by atoms with E-state index in [1.165, 1.54) is 38.5 Å². The molecule has 3 N–H and O–H groups in total. The Kier molecular flexibility index (Phi) is 5.62. The van der Waals surface area contributed by atoms with Gasteiger partial charge >= 0.3 is 0 Å². The van der Waals surface area contributed by atoms with Gasteiger partial charge in [0.05, 0.1) is 0 Å². The first-order chi connectivity index (χ1) is 7.13. The Labute approximate surface area is 95.0 Å². The minimum atomic E-state index is 0.551. The average Bonchev–Trinajstić information content (AvgIpc) is 2.18. The quantitative estimate of drug-likeness (QED) is 0.543. The van der Waals surface area contributed by atoms with Crippen molar-refractivity contribution in [3.8, 4) is 0 Å². The molecule has 0 amide bonds. The molecule has 0 radical (unpaired) electrons. The predicted molar refractivity (Wildman–Crippen MR) is 66.3 cm³/mol. The molecule has 3 unspecified atom stereocenters. The van der Waals surface area contributed by atoms with Crippen LogP contribution in [0.5, 0.6) is 0 Å². The van der Waals surface area contributed by atoms with Crippen molar-refractivity contribution in [2.45, 2.75) is 65.3 Å². The van der Waals surface area contributed by atoms with Gasteiger partial charge in [0.1, 0.15) is 0 Å². The summed E-state index contributed by atoms with van der Waals surface area (Å²) in [7, 11) is 0. The van der Waals surface area contributed by atoms with E-state index in [1.54, 1.807) is 0 Å². The van der Waals surface area contributed by atoms with Crippen molar-refractivity contribution in [2.24, 2.45) is 23.6 Å². The Bertz CT molecular complexity index is 168. The van der Waals surface area contributed by atoms with Crippen LogP contribution in [0.2, 0.25) is 0 Å². The van der Waals surface area contributed by atoms with E-state index in [0.717, 1.165) is 17.8 Å². The van der Waals surface area contributed by atoms with Gasteiger partial charge in [-0.25, -0.2) is 0 Å². The molecule has 1 fully saturated rings. The molecule has 3 atom stereocenters. The van der Waals surface area contributed by atoms with Crippen LogP contribution in [0.4, 0.5) is 0 Å². The number of hydrogen-bond donors (Lipinski definition) is 2. The lowest BCUT2D eigenvalue weighted by Gasteiger charge is -2.33. The van der Waals surface area contributed by atoms with Crippen LogP contribution in [0.3, 0.4) is 0 Å². The monoisotopic (exact) mass is 212 g/mol. The van der Waals surface area contributed by atoms with Crippen LogP contribution < -0.4 is 11.3 Å². The second kappa shape index (κ2) is 6.49. The molecular formula is C13H28N2. The van der Waals surface area contributed by atoms with E-state index in [2.05, 4.69) is 26.2 Å². The number of rotatable bonds is 5. The molecule has 0 aromatic carbocycles. The average molecular weight is 212 g/mol. The summed E-state index contributed by atoms with van der Waals surface area (Å²) in [6.45, 7) is 6.95. The van der Waals surface area contributed by atoms with Gasteiger partial charge in [-0.2, -0.15) is 0 Å². The van der Waals surface area contributed by atoms with Gasteiger partial charge < -0.3 is 0 Å². The summed E-state index contributed by atoms with van der Waals surface area (Å²) in [6.07, 6.45) is 8.08. The fourth-order valence-corrected chi connectivity index (χ4v) is 2.81. The van der Waals surface area contributed by atoms with E-state index in [1.807, 2.05) is 0 Å². The lowest BCUT2D eigenvalue weighted by atomic mass is 9.77. The van der Waals surface area contributed by atoms with Crippen molar-refractivity contribution >= 4 is 0 Å². The summed E-state index contributed by atoms with van der Waals surface area (Å²) in [5, 5.41) is 0. The summed E-state index contributed by atoms with van der Waals surface area (Å²) >= 11 is 0. The number of nitrogens with two attached hydrogens (primary N) is 1. The van der Waals surface area contributed by atoms with Gasteiger partial charge in [-0.05, 0) is 43.4 Å². The van der Waals surface area contributed by atoms with Crippen LogP contribution in [0, 0.1) is 17.8 Å². The van der Waals surface area contributed by atoms with E-state index in [-0.39, 0.29) is 0 Å². The van der Waals surface area contributed by atoms with Crippen LogP contribution in [0.15, 0.2) is 0 Å². The second-order valence-electron chi connectivity index (χ2n) is 5.78. The first-order valence-electron chi connectivity index (χ1n) is 6.59. The zero-order valence-electron chi connectivity index (χ0n) is 10.6. The van der Waals surface area contributed by atoms with Crippen molar-refractivity contribution in [1.29, 1.82) is 0 Å². The topological polar surface area (TPSA) is 38.0 Å². The van der Waals surface area contributed by atoms with E-state index in [0.29, 0.717) is 6.04 Å². The standard InChI is InChI=1S/C13H28N2/c1-10(2)7-8-13(15-14)12-6-4-5-11(3)9-12/h10-13,15H,4-9,14H2,1-3H3. The summed E-state index contributed by atoms with van der Waals surface area (Å²) in [6, 6.07) is 0.551. The third-order valence-electron chi connectivity index (χ3n) is 3.82. The van der Waals surface area contributed by atoms with Gasteiger partial charge in [-0.3, -0.25) is 11.3 Å². The Balaban J connectivity index is 2.35. The molecule has 2 nitrogen and oxygen atoms in total. The Morgan fingerprint density at radius 2 is 2.00 bits per heavy atom. The maximum absolute atomic E-state index is 5.69. The van der Waals surface area contributed by atoms with E-state index < -0.39 is 0 Å². The zero-order chi connectivity index (χ0) is 11.3. The van der Waals surface area contributed by atoms with Gasteiger partial charge in [0, 0.05) is 6.04 Å². The number of nitrogens with one attached hydrogen (secondary N) is 1. The molecule has 0 spiro atoms. The number of hydrazine groups is 1. The van der Waals surface area contributed by atoms with Crippen LogP contribution in [-0.2, 0) is 0 Å². The van der Waals surface area contributed by atoms with Gasteiger partial charge in [0.2, 0.25) is 0 Å². The third kappa shape index (κ3) is 4.52. The smallest absolute Gasteiger partial charge is 0.0238 e. The van der Waals surface area contributed by atoms with Gasteiger partial charge in [-0.15, -0.1) is 0 Å². The molecular weight excluding hydrogens is 184 g/mol. The highest BCUT2D eigenvalue weighted by Crippen LogP contribution is 2.32. The lowest BCUT2D eigenvalue weighted by molar-refractivity contribution is 0.210. The molecule has 0 aliphatic heterocycles. The minimum Gasteiger partial charge on any atom is -0.271 e. The SMILES string of the molecule is CC(C)CCC(NN)C1CCCC(C)C1. The molecule has 0 aromatic heterocycles. The molecule has 15 heavy (non-hydrogen) atoms. The lowest BCUT2D eigenvalue weighted by Crippen LogP contribution is -2.42. The largest absolute Gasteiger partial charge is 0.271 e. The zero-order valence-corrected chi connectivity index (χ0v) is 10.6. The van der Waals surface area contributed by atoms with Crippen LogP contribution in [-0.4, -0.2) is 6.04 Å². The fourth-order valence-electron chi connectivity index (χ4n) is 2.81. The summed E-state index contributed by atoms with van der Waals surface area (Å²) in [5.41, 5.74) is 3.05. The van der Waals surface area contributed by atoms with Crippen molar-refractivity contribution in [3.63, 3.8) is 0 Å². The van der Waals surface area contributed by atoms with E-state index in [4.69, 9.17) is 5.84 Å². The molecule has 1 aliphatic carbocycles. The van der Waals surface area contributed by atoms with E-state index in [9.17, 15) is 0 Å². The molecule has 0 aromatic rings. The Morgan fingerprint density at radius 3 is 2.53 bits per heavy atom. The molecule has 0 bridgehead atoms. The first kappa shape index (κ1) is 13.0. The maximum Gasteiger partial charge on any atom is 0.0238 e. The van der Waals surface area contributed by atoms with E-state index >= 15 is 0 Å². The van der Waals surface area contributed by atoms with Gasteiger partial charge in [-0.1, -0.05) is 33.6 Å². The molecule has 90 valence electrons. The van der Waals surface area contributed by atoms with Gasteiger partial charge in [0.15, 0.2) is 0 Å². The van der Waals surface area contributed by atoms with Gasteiger partial charge in [0.25, 0.3) is 0 Å². The molecule has 1 saturated carbocycles. The van der Waals surface area contributed by atoms with Crippen LogP contribution in [0.25, 0.3) is 0 Å². The fraction of sp³-hybridized carbons (Fsp3) is 1.00. The summed E-state index contributed by atoms with van der Waals surface area (Å²) < 4.78 is 0. The second-order valence-corrected chi connectivity index (χ2v) is 5.78. The van der Waals surface area contributed by atoms with Crippen molar-refractivity contribution < 1.29 is 0 Å². The molecule has 1 rings (SSSR count). The number of hydrogen-bond acceptors (Lipinski definition) is 2. The highest BCUT2D eigenvalue weighted by atomic mass is 15.2. The molecule has 0 saturated heterocycles. The minimum absolute atomic E-state index is 0.551. The Hall–Kier alpha value is -0.0800. The predicted octanol–water partition coefficient (Wildman–Crippen LogP) is 3.08. The van der Waals surface area contributed by atoms with Crippen molar-refractivity contribution in [1.82, 2.24) is 5.43 Å². The van der Waals surface area contributed by atoms with Crippen LogP contribution in [0.1, 0.15) is 59.3 Å². The first-order valence-corrected chi connectivity index (χ1v) is 6.59. The Morgan fingerprint density at radius 1 is 1.27 bits per heavy atom. The molecule has 0 heterocycles. The summed E-state index contributed by atoms with van der Waals surface area (Å²) in [4.78, 5) is 0. The van der Waals surface area contributed by atoms with Crippen LogP contribution >= 0.6 is 0 Å². The van der Waals surface area contributed by atoms with Crippen molar-refractivity contribution in [2.75, 3.05) is 0 Å².